The highest BCUT2D eigenvalue weighted by molar-refractivity contribution is 6.20. The maximum absolute atomic E-state index is 5.71. The minimum atomic E-state index is 0.212. The Balaban J connectivity index is 2.91. The average molecular weight is 199 g/mol. The first kappa shape index (κ1) is 11.5. The van der Waals surface area contributed by atoms with Crippen LogP contribution in [0.1, 0.15) is 26.7 Å². The van der Waals surface area contributed by atoms with Crippen LogP contribution in [0.5, 0.6) is 0 Å². The summed E-state index contributed by atoms with van der Waals surface area (Å²) in [5, 5.41) is 0.423. The van der Waals surface area contributed by atoms with E-state index in [-0.39, 0.29) is 10.8 Å². The van der Waals surface area contributed by atoms with Gasteiger partial charge in [0.05, 0.1) is 0 Å². The van der Waals surface area contributed by atoms with Crippen molar-refractivity contribution in [3.05, 3.63) is 0 Å². The molecule has 68 valence electrons. The van der Waals surface area contributed by atoms with Crippen LogP contribution in [0.25, 0.3) is 0 Å². The summed E-state index contributed by atoms with van der Waals surface area (Å²) in [5.74, 6) is 0. The first-order chi connectivity index (χ1) is 5.13. The van der Waals surface area contributed by atoms with E-state index in [4.69, 9.17) is 27.9 Å². The Kier molecular flexibility index (Phi) is 7.56. The molecule has 0 spiro atoms. The van der Waals surface area contributed by atoms with Crippen LogP contribution in [0.2, 0.25) is 0 Å². The van der Waals surface area contributed by atoms with Crippen LogP contribution in [-0.2, 0) is 4.74 Å². The molecule has 0 aliphatic carbocycles. The van der Waals surface area contributed by atoms with Gasteiger partial charge in [0.25, 0.3) is 0 Å². The maximum atomic E-state index is 5.71. The fourth-order valence-corrected chi connectivity index (χ4v) is 0.772. The minimum Gasteiger partial charge on any atom is -0.381 e. The van der Waals surface area contributed by atoms with Crippen molar-refractivity contribution in [2.24, 2.45) is 0 Å². The van der Waals surface area contributed by atoms with E-state index in [0.717, 1.165) is 26.1 Å². The van der Waals surface area contributed by atoms with Crippen molar-refractivity contribution >= 4 is 23.2 Å². The van der Waals surface area contributed by atoms with Gasteiger partial charge in [-0.2, -0.15) is 0 Å². The van der Waals surface area contributed by atoms with E-state index in [2.05, 4.69) is 0 Å². The van der Waals surface area contributed by atoms with Crippen LogP contribution >= 0.6 is 23.2 Å². The van der Waals surface area contributed by atoms with Gasteiger partial charge in [-0.15, -0.1) is 23.2 Å². The Bertz CT molecular complexity index is 74.2. The highest BCUT2D eigenvalue weighted by Gasteiger charge is 1.97. The number of ether oxygens (including phenoxy) is 1. The second-order valence-electron chi connectivity index (χ2n) is 2.75. The van der Waals surface area contributed by atoms with Crippen LogP contribution in [0.4, 0.5) is 0 Å². The van der Waals surface area contributed by atoms with Crippen molar-refractivity contribution in [1.29, 1.82) is 0 Å². The number of hydrogen-bond donors (Lipinski definition) is 0. The zero-order valence-electron chi connectivity index (χ0n) is 7.15. The van der Waals surface area contributed by atoms with Gasteiger partial charge in [-0.3, -0.25) is 0 Å². The molecule has 3 heteroatoms. The molecule has 0 aromatic heterocycles. The summed E-state index contributed by atoms with van der Waals surface area (Å²) in [6.45, 7) is 5.42. The third-order valence-corrected chi connectivity index (χ3v) is 1.76. The molecule has 0 aromatic carbocycles. The molecule has 0 saturated heterocycles. The van der Waals surface area contributed by atoms with Crippen LogP contribution < -0.4 is 0 Å². The average Bonchev–Trinajstić information content (AvgIpc) is 1.85. The molecule has 0 N–H and O–H groups in total. The highest BCUT2D eigenvalue weighted by atomic mass is 35.5. The molecule has 2 unspecified atom stereocenters. The predicted molar refractivity (Wildman–Crippen MR) is 50.7 cm³/mol. The van der Waals surface area contributed by atoms with Crippen molar-refractivity contribution in [2.75, 3.05) is 13.2 Å². The lowest BCUT2D eigenvalue weighted by Crippen LogP contribution is -2.04. The number of hydrogen-bond acceptors (Lipinski definition) is 1. The normalized spacial score (nSPS) is 16.4. The molecule has 1 nitrogen and oxygen atoms in total. The zero-order valence-corrected chi connectivity index (χ0v) is 8.66. The van der Waals surface area contributed by atoms with Crippen LogP contribution in [0.15, 0.2) is 0 Å². The second kappa shape index (κ2) is 7.20. The fourth-order valence-electron chi connectivity index (χ4n) is 0.594. The lowest BCUT2D eigenvalue weighted by Gasteiger charge is -2.05. The van der Waals surface area contributed by atoms with E-state index < -0.39 is 0 Å². The molecular weight excluding hydrogens is 183 g/mol. The topological polar surface area (TPSA) is 9.23 Å². The molecule has 11 heavy (non-hydrogen) atoms. The van der Waals surface area contributed by atoms with Gasteiger partial charge >= 0.3 is 0 Å². The molecule has 0 amide bonds. The second-order valence-corrected chi connectivity index (χ2v) is 4.24. The van der Waals surface area contributed by atoms with E-state index in [1.54, 1.807) is 0 Å². The Morgan fingerprint density at radius 1 is 1.00 bits per heavy atom. The predicted octanol–water partition coefficient (Wildman–Crippen LogP) is 3.04. The summed E-state index contributed by atoms with van der Waals surface area (Å²) in [5.41, 5.74) is 0. The van der Waals surface area contributed by atoms with Gasteiger partial charge in [0.15, 0.2) is 0 Å². The van der Waals surface area contributed by atoms with E-state index >= 15 is 0 Å². The van der Waals surface area contributed by atoms with E-state index in [1.165, 1.54) is 0 Å². The molecule has 0 bridgehead atoms. The van der Waals surface area contributed by atoms with Crippen LogP contribution in [-0.4, -0.2) is 24.0 Å². The van der Waals surface area contributed by atoms with Gasteiger partial charge in [0.1, 0.15) is 0 Å². The SMILES string of the molecule is CC(Cl)CCOCCC(C)Cl. The molecule has 0 aromatic rings. The first-order valence-electron chi connectivity index (χ1n) is 3.98. The fraction of sp³-hybridized carbons (Fsp3) is 1.00. The summed E-state index contributed by atoms with van der Waals surface area (Å²) >= 11 is 11.4. The molecule has 0 aliphatic rings. The zero-order chi connectivity index (χ0) is 8.69. The van der Waals surface area contributed by atoms with Crippen molar-refractivity contribution in [1.82, 2.24) is 0 Å². The minimum absolute atomic E-state index is 0.212. The van der Waals surface area contributed by atoms with E-state index in [1.807, 2.05) is 13.8 Å². The van der Waals surface area contributed by atoms with Gasteiger partial charge in [-0.05, 0) is 26.7 Å². The molecule has 0 heterocycles. The van der Waals surface area contributed by atoms with Gasteiger partial charge in [0, 0.05) is 24.0 Å². The molecule has 0 aliphatic heterocycles. The lowest BCUT2D eigenvalue weighted by atomic mass is 10.3. The standard InChI is InChI=1S/C8H16Cl2O/c1-7(9)3-5-11-6-4-8(2)10/h7-8H,3-6H2,1-2H3. The first-order valence-corrected chi connectivity index (χ1v) is 4.86. The van der Waals surface area contributed by atoms with Crippen LogP contribution in [0, 0.1) is 0 Å². The van der Waals surface area contributed by atoms with Gasteiger partial charge in [-0.25, -0.2) is 0 Å². The van der Waals surface area contributed by atoms with Gasteiger partial charge < -0.3 is 4.74 Å². The summed E-state index contributed by atoms with van der Waals surface area (Å²) in [7, 11) is 0. The molecule has 2 atom stereocenters. The largest absolute Gasteiger partial charge is 0.381 e. The molecule has 0 fully saturated rings. The molecule has 0 saturated carbocycles. The molecular formula is C8H16Cl2O. The molecule has 0 rings (SSSR count). The Morgan fingerprint density at radius 2 is 1.36 bits per heavy atom. The Hall–Kier alpha value is 0.540. The summed E-state index contributed by atoms with van der Waals surface area (Å²) in [4.78, 5) is 0. The smallest absolute Gasteiger partial charge is 0.0480 e. The number of alkyl halides is 2. The van der Waals surface area contributed by atoms with Crippen molar-refractivity contribution < 1.29 is 4.74 Å². The third kappa shape index (κ3) is 10.5. The maximum Gasteiger partial charge on any atom is 0.0480 e. The van der Waals surface area contributed by atoms with E-state index in [0.29, 0.717) is 0 Å². The Labute approximate surface area is 79.0 Å². The summed E-state index contributed by atoms with van der Waals surface area (Å²) in [6, 6.07) is 0. The molecule has 0 radical (unpaired) electrons. The lowest BCUT2D eigenvalue weighted by molar-refractivity contribution is 0.129. The van der Waals surface area contributed by atoms with Crippen molar-refractivity contribution in [2.45, 2.75) is 37.4 Å². The monoisotopic (exact) mass is 198 g/mol. The number of halogens is 2. The van der Waals surface area contributed by atoms with Gasteiger partial charge in [0.2, 0.25) is 0 Å². The highest BCUT2D eigenvalue weighted by Crippen LogP contribution is 2.02. The van der Waals surface area contributed by atoms with Crippen molar-refractivity contribution in [3.63, 3.8) is 0 Å². The van der Waals surface area contributed by atoms with Crippen LogP contribution in [0.3, 0.4) is 0 Å². The van der Waals surface area contributed by atoms with Gasteiger partial charge in [-0.1, -0.05) is 0 Å². The quantitative estimate of drug-likeness (QED) is 0.472. The number of rotatable bonds is 6. The summed E-state index contributed by atoms with van der Waals surface area (Å²) < 4.78 is 5.29. The van der Waals surface area contributed by atoms with E-state index in [9.17, 15) is 0 Å². The summed E-state index contributed by atoms with van der Waals surface area (Å²) in [6.07, 6.45) is 1.83. The van der Waals surface area contributed by atoms with Crippen molar-refractivity contribution in [3.8, 4) is 0 Å². The Morgan fingerprint density at radius 3 is 1.64 bits per heavy atom. The third-order valence-electron chi connectivity index (χ3n) is 1.32.